The van der Waals surface area contributed by atoms with Gasteiger partial charge in [-0.25, -0.2) is 0 Å². The predicted octanol–water partition coefficient (Wildman–Crippen LogP) is 2.74. The molecule has 1 atom stereocenters. The zero-order valence-corrected chi connectivity index (χ0v) is 11.6. The average molecular weight is 271 g/mol. The first kappa shape index (κ1) is 13.3. The smallest absolute Gasteiger partial charge is 0.0699 e. The van der Waals surface area contributed by atoms with Crippen molar-refractivity contribution in [2.75, 3.05) is 13.2 Å². The fourth-order valence-electron chi connectivity index (χ4n) is 2.64. The topological polar surface area (TPSA) is 49.9 Å². The van der Waals surface area contributed by atoms with Gasteiger partial charge in [0.15, 0.2) is 0 Å². The summed E-state index contributed by atoms with van der Waals surface area (Å²) in [4.78, 5) is 0. The summed E-state index contributed by atoms with van der Waals surface area (Å²) in [7, 11) is 0. The van der Waals surface area contributed by atoms with Crippen LogP contribution in [0.1, 0.15) is 24.8 Å². The molecule has 2 heterocycles. The van der Waals surface area contributed by atoms with E-state index in [4.69, 9.17) is 4.74 Å². The van der Waals surface area contributed by atoms with Crippen molar-refractivity contribution in [3.8, 4) is 11.3 Å². The summed E-state index contributed by atoms with van der Waals surface area (Å²) in [5, 5.41) is 10.7. The van der Waals surface area contributed by atoms with Gasteiger partial charge >= 0.3 is 0 Å². The zero-order chi connectivity index (χ0) is 13.6. The van der Waals surface area contributed by atoms with Gasteiger partial charge < -0.3 is 10.1 Å². The van der Waals surface area contributed by atoms with Crippen LogP contribution in [-0.2, 0) is 11.3 Å². The highest BCUT2D eigenvalue weighted by Crippen LogP contribution is 2.20. The summed E-state index contributed by atoms with van der Waals surface area (Å²) in [5.41, 5.74) is 3.48. The molecule has 1 aromatic heterocycles. The van der Waals surface area contributed by atoms with Crippen LogP contribution >= 0.6 is 0 Å². The first-order valence-electron chi connectivity index (χ1n) is 7.33. The molecular formula is C16H21N3O. The second-order valence-corrected chi connectivity index (χ2v) is 5.26. The number of H-pyrrole nitrogens is 1. The first-order valence-corrected chi connectivity index (χ1v) is 7.33. The molecular weight excluding hydrogens is 250 g/mol. The van der Waals surface area contributed by atoms with Crippen LogP contribution < -0.4 is 5.32 Å². The first-order chi connectivity index (χ1) is 9.93. The summed E-state index contributed by atoms with van der Waals surface area (Å²) >= 11 is 0. The van der Waals surface area contributed by atoms with Crippen molar-refractivity contribution < 1.29 is 4.74 Å². The van der Waals surface area contributed by atoms with Crippen molar-refractivity contribution in [1.29, 1.82) is 0 Å². The molecule has 20 heavy (non-hydrogen) atoms. The van der Waals surface area contributed by atoms with Gasteiger partial charge in [0.2, 0.25) is 0 Å². The van der Waals surface area contributed by atoms with Gasteiger partial charge in [-0.3, -0.25) is 5.10 Å². The van der Waals surface area contributed by atoms with E-state index in [0.29, 0.717) is 6.10 Å². The third kappa shape index (κ3) is 3.26. The van der Waals surface area contributed by atoms with Gasteiger partial charge in [0.25, 0.3) is 0 Å². The Bertz CT molecular complexity index is 518. The van der Waals surface area contributed by atoms with E-state index in [9.17, 15) is 0 Å². The lowest BCUT2D eigenvalue weighted by Gasteiger charge is -2.22. The Hall–Kier alpha value is -1.65. The van der Waals surface area contributed by atoms with E-state index >= 15 is 0 Å². The lowest BCUT2D eigenvalue weighted by molar-refractivity contribution is 0.0168. The Kier molecular flexibility index (Phi) is 4.46. The largest absolute Gasteiger partial charge is 0.377 e. The van der Waals surface area contributed by atoms with Crippen molar-refractivity contribution in [3.05, 3.63) is 42.1 Å². The maximum absolute atomic E-state index is 5.73. The van der Waals surface area contributed by atoms with Crippen molar-refractivity contribution in [2.24, 2.45) is 0 Å². The highest BCUT2D eigenvalue weighted by Gasteiger charge is 2.13. The fourth-order valence-corrected chi connectivity index (χ4v) is 2.64. The van der Waals surface area contributed by atoms with Gasteiger partial charge in [-0.15, -0.1) is 0 Å². The molecule has 0 bridgehead atoms. The van der Waals surface area contributed by atoms with E-state index in [0.717, 1.165) is 25.4 Å². The van der Waals surface area contributed by atoms with Crippen molar-refractivity contribution in [3.63, 3.8) is 0 Å². The summed E-state index contributed by atoms with van der Waals surface area (Å²) in [6.45, 7) is 2.65. The van der Waals surface area contributed by atoms with Crippen LogP contribution in [-0.4, -0.2) is 29.5 Å². The molecule has 3 rings (SSSR count). The predicted molar refractivity (Wildman–Crippen MR) is 79.3 cm³/mol. The molecule has 1 fully saturated rings. The van der Waals surface area contributed by atoms with Crippen molar-refractivity contribution in [2.45, 2.75) is 31.9 Å². The quantitative estimate of drug-likeness (QED) is 0.879. The number of nitrogens with zero attached hydrogens (tertiary/aromatic N) is 1. The third-order valence-electron chi connectivity index (χ3n) is 3.74. The molecule has 2 aromatic rings. The summed E-state index contributed by atoms with van der Waals surface area (Å²) in [6, 6.07) is 10.3. The number of ether oxygens (including phenoxy) is 1. The molecule has 1 saturated heterocycles. The molecule has 4 nitrogen and oxygen atoms in total. The van der Waals surface area contributed by atoms with Crippen LogP contribution in [0.5, 0.6) is 0 Å². The van der Waals surface area contributed by atoms with E-state index < -0.39 is 0 Å². The van der Waals surface area contributed by atoms with Crippen LogP contribution in [0, 0.1) is 0 Å². The fraction of sp³-hybridized carbons (Fsp3) is 0.438. The monoisotopic (exact) mass is 271 g/mol. The Morgan fingerprint density at radius 2 is 2.15 bits per heavy atom. The molecule has 1 aromatic carbocycles. The normalized spacial score (nSPS) is 19.1. The lowest BCUT2D eigenvalue weighted by atomic mass is 10.1. The SMILES string of the molecule is c1ccc(-c2[nH]ncc2CNCC2CCCCO2)cc1. The number of hydrogen-bond acceptors (Lipinski definition) is 3. The van der Waals surface area contributed by atoms with Crippen molar-refractivity contribution in [1.82, 2.24) is 15.5 Å². The number of nitrogens with one attached hydrogen (secondary N) is 2. The minimum absolute atomic E-state index is 0.371. The highest BCUT2D eigenvalue weighted by atomic mass is 16.5. The Labute approximate surface area is 119 Å². The van der Waals surface area contributed by atoms with Crippen LogP contribution in [0.25, 0.3) is 11.3 Å². The zero-order valence-electron chi connectivity index (χ0n) is 11.6. The second kappa shape index (κ2) is 6.68. The van der Waals surface area contributed by atoms with Gasteiger partial charge in [-0.1, -0.05) is 30.3 Å². The maximum atomic E-state index is 5.73. The standard InChI is InChI=1S/C16H21N3O/c1-2-6-13(7-3-1)16-14(11-18-19-16)10-17-12-15-8-4-5-9-20-15/h1-3,6-7,11,15,17H,4-5,8-10,12H2,(H,18,19). The van der Waals surface area contributed by atoms with E-state index in [1.165, 1.54) is 30.4 Å². The van der Waals surface area contributed by atoms with Crippen LogP contribution in [0.2, 0.25) is 0 Å². The van der Waals surface area contributed by atoms with Gasteiger partial charge in [-0.05, 0) is 24.8 Å². The molecule has 0 spiro atoms. The highest BCUT2D eigenvalue weighted by molar-refractivity contribution is 5.62. The molecule has 1 aliphatic rings. The Morgan fingerprint density at radius 1 is 1.25 bits per heavy atom. The minimum Gasteiger partial charge on any atom is -0.377 e. The van der Waals surface area contributed by atoms with E-state index in [-0.39, 0.29) is 0 Å². The third-order valence-corrected chi connectivity index (χ3v) is 3.74. The van der Waals surface area contributed by atoms with E-state index in [2.05, 4.69) is 27.6 Å². The van der Waals surface area contributed by atoms with Crippen LogP contribution in [0.3, 0.4) is 0 Å². The Morgan fingerprint density at radius 3 is 2.95 bits per heavy atom. The van der Waals surface area contributed by atoms with Gasteiger partial charge in [0.05, 0.1) is 18.0 Å². The summed E-state index contributed by atoms with van der Waals surface area (Å²) < 4.78 is 5.73. The molecule has 1 aliphatic heterocycles. The molecule has 4 heteroatoms. The maximum Gasteiger partial charge on any atom is 0.0699 e. The molecule has 0 saturated carbocycles. The van der Waals surface area contributed by atoms with Gasteiger partial charge in [-0.2, -0.15) is 5.10 Å². The average Bonchev–Trinajstić information content (AvgIpc) is 2.98. The number of rotatable bonds is 5. The summed E-state index contributed by atoms with van der Waals surface area (Å²) in [5.74, 6) is 0. The molecule has 0 amide bonds. The summed E-state index contributed by atoms with van der Waals surface area (Å²) in [6.07, 6.45) is 5.93. The molecule has 2 N–H and O–H groups in total. The molecule has 1 unspecified atom stereocenters. The van der Waals surface area contributed by atoms with Gasteiger partial charge in [0, 0.05) is 25.3 Å². The lowest BCUT2D eigenvalue weighted by Crippen LogP contribution is -2.31. The van der Waals surface area contributed by atoms with E-state index in [1.807, 2.05) is 24.4 Å². The van der Waals surface area contributed by atoms with Crippen molar-refractivity contribution >= 4 is 0 Å². The van der Waals surface area contributed by atoms with E-state index in [1.54, 1.807) is 0 Å². The van der Waals surface area contributed by atoms with Crippen LogP contribution in [0.4, 0.5) is 0 Å². The molecule has 0 radical (unpaired) electrons. The second-order valence-electron chi connectivity index (χ2n) is 5.26. The minimum atomic E-state index is 0.371. The van der Waals surface area contributed by atoms with Gasteiger partial charge in [0.1, 0.15) is 0 Å². The number of aromatic amines is 1. The number of benzene rings is 1. The molecule has 106 valence electrons. The molecule has 0 aliphatic carbocycles. The van der Waals surface area contributed by atoms with Crippen LogP contribution in [0.15, 0.2) is 36.5 Å². The number of hydrogen-bond donors (Lipinski definition) is 2. The Balaban J connectivity index is 1.57. The number of aromatic nitrogens is 2.